The molecule has 21 heavy (non-hydrogen) atoms. The summed E-state index contributed by atoms with van der Waals surface area (Å²) in [6, 6.07) is 4.40. The van der Waals surface area contributed by atoms with Gasteiger partial charge in [0.05, 0.1) is 11.3 Å². The second-order valence-corrected chi connectivity index (χ2v) is 6.51. The van der Waals surface area contributed by atoms with Crippen molar-refractivity contribution in [1.82, 2.24) is 10.0 Å². The first kappa shape index (κ1) is 17.9. The molecular formula is C13H19F3N2O2S. The molecular weight excluding hydrogens is 305 g/mol. The highest BCUT2D eigenvalue weighted by molar-refractivity contribution is 7.89. The Morgan fingerprint density at radius 3 is 2.24 bits per heavy atom. The van der Waals surface area contributed by atoms with Crippen LogP contribution in [0, 0.1) is 0 Å². The molecule has 0 amide bonds. The molecule has 0 saturated carbocycles. The van der Waals surface area contributed by atoms with E-state index in [1.165, 1.54) is 12.1 Å². The van der Waals surface area contributed by atoms with Crippen molar-refractivity contribution in [2.24, 2.45) is 0 Å². The lowest BCUT2D eigenvalue weighted by Crippen LogP contribution is -2.31. The number of alkyl halides is 3. The maximum atomic E-state index is 12.4. The zero-order chi connectivity index (χ0) is 15.9. The third-order valence-electron chi connectivity index (χ3n) is 2.75. The summed E-state index contributed by atoms with van der Waals surface area (Å²) in [6.07, 6.45) is -3.47. The molecule has 0 fully saturated rings. The van der Waals surface area contributed by atoms with Crippen LogP contribution in [0.25, 0.3) is 0 Å². The van der Waals surface area contributed by atoms with E-state index in [-0.39, 0.29) is 12.3 Å². The monoisotopic (exact) mass is 324 g/mol. The second-order valence-electron chi connectivity index (χ2n) is 4.58. The van der Waals surface area contributed by atoms with E-state index in [0.717, 1.165) is 25.1 Å². The highest BCUT2D eigenvalue weighted by Crippen LogP contribution is 2.29. The van der Waals surface area contributed by atoms with Crippen LogP contribution in [0.2, 0.25) is 0 Å². The maximum absolute atomic E-state index is 12.4. The summed E-state index contributed by atoms with van der Waals surface area (Å²) in [7, 11) is -3.43. The van der Waals surface area contributed by atoms with Gasteiger partial charge in [0.2, 0.25) is 10.0 Å². The van der Waals surface area contributed by atoms with Gasteiger partial charge in [-0.2, -0.15) is 13.2 Å². The van der Waals surface area contributed by atoms with Gasteiger partial charge in [-0.05, 0) is 30.7 Å². The molecule has 0 spiro atoms. The van der Waals surface area contributed by atoms with Crippen LogP contribution in [0.1, 0.15) is 24.5 Å². The Morgan fingerprint density at radius 1 is 1.10 bits per heavy atom. The van der Waals surface area contributed by atoms with Crippen molar-refractivity contribution in [1.29, 1.82) is 0 Å². The Morgan fingerprint density at radius 2 is 1.71 bits per heavy atom. The molecule has 0 atom stereocenters. The van der Waals surface area contributed by atoms with Crippen molar-refractivity contribution in [3.63, 3.8) is 0 Å². The van der Waals surface area contributed by atoms with Gasteiger partial charge in [-0.1, -0.05) is 19.1 Å². The van der Waals surface area contributed by atoms with Crippen molar-refractivity contribution in [3.8, 4) is 0 Å². The van der Waals surface area contributed by atoms with Gasteiger partial charge >= 0.3 is 6.18 Å². The Labute approximate surface area is 122 Å². The molecule has 0 aliphatic heterocycles. The molecule has 2 N–H and O–H groups in total. The van der Waals surface area contributed by atoms with E-state index >= 15 is 0 Å². The fourth-order valence-corrected chi connectivity index (χ4v) is 2.53. The van der Waals surface area contributed by atoms with Crippen LogP contribution in [0.15, 0.2) is 24.3 Å². The van der Waals surface area contributed by atoms with Crippen LogP contribution in [0.3, 0.4) is 0 Å². The topological polar surface area (TPSA) is 58.2 Å². The molecule has 0 unspecified atom stereocenters. The number of benzene rings is 1. The van der Waals surface area contributed by atoms with Gasteiger partial charge in [0.15, 0.2) is 0 Å². The fourth-order valence-electron chi connectivity index (χ4n) is 1.59. The average Bonchev–Trinajstić information content (AvgIpc) is 2.41. The molecule has 0 aromatic heterocycles. The van der Waals surface area contributed by atoms with Gasteiger partial charge in [0.1, 0.15) is 0 Å². The number of sulfonamides is 1. The Bertz CT molecular complexity index is 527. The highest BCUT2D eigenvalue weighted by atomic mass is 32.2. The first-order valence-electron chi connectivity index (χ1n) is 6.59. The quantitative estimate of drug-likeness (QED) is 0.720. The smallest absolute Gasteiger partial charge is 0.316 e. The number of hydrogen-bond donors (Lipinski definition) is 2. The highest BCUT2D eigenvalue weighted by Gasteiger charge is 2.29. The van der Waals surface area contributed by atoms with Crippen molar-refractivity contribution < 1.29 is 21.6 Å². The van der Waals surface area contributed by atoms with E-state index in [1.807, 2.05) is 6.92 Å². The molecule has 0 aliphatic carbocycles. The molecule has 1 aromatic carbocycles. The zero-order valence-electron chi connectivity index (χ0n) is 11.7. The average molecular weight is 324 g/mol. The fraction of sp³-hybridized carbons (Fsp3) is 0.538. The number of rotatable bonds is 8. The van der Waals surface area contributed by atoms with Crippen LogP contribution in [0.5, 0.6) is 0 Å². The predicted octanol–water partition coefficient (Wildman–Crippen LogP) is 2.12. The van der Waals surface area contributed by atoms with Crippen molar-refractivity contribution >= 4 is 10.0 Å². The molecule has 1 aromatic rings. The van der Waals surface area contributed by atoms with Crippen LogP contribution >= 0.6 is 0 Å². The molecule has 1 rings (SSSR count). The van der Waals surface area contributed by atoms with E-state index in [9.17, 15) is 21.6 Å². The largest absolute Gasteiger partial charge is 0.416 e. The normalized spacial score (nSPS) is 12.6. The lowest BCUT2D eigenvalue weighted by Gasteiger charge is -2.09. The van der Waals surface area contributed by atoms with Crippen molar-refractivity contribution in [2.45, 2.75) is 26.1 Å². The van der Waals surface area contributed by atoms with Gasteiger partial charge in [-0.15, -0.1) is 0 Å². The second kappa shape index (κ2) is 7.77. The van der Waals surface area contributed by atoms with Gasteiger partial charge in [0.25, 0.3) is 0 Å². The summed E-state index contributed by atoms with van der Waals surface area (Å²) in [4.78, 5) is 0. The number of hydrogen-bond acceptors (Lipinski definition) is 3. The molecule has 0 bridgehead atoms. The van der Waals surface area contributed by atoms with E-state index in [1.54, 1.807) is 0 Å². The summed E-state index contributed by atoms with van der Waals surface area (Å²) in [5, 5.41) is 2.97. The SMILES string of the molecule is CCCNCCS(=O)(=O)NCc1ccc(C(F)(F)F)cc1. The zero-order valence-corrected chi connectivity index (χ0v) is 12.5. The first-order chi connectivity index (χ1) is 9.74. The molecule has 0 aliphatic rings. The lowest BCUT2D eigenvalue weighted by molar-refractivity contribution is -0.137. The van der Waals surface area contributed by atoms with Gasteiger partial charge in [-0.3, -0.25) is 0 Å². The molecule has 120 valence electrons. The Hall–Kier alpha value is -1.12. The lowest BCUT2D eigenvalue weighted by atomic mass is 10.1. The van der Waals surface area contributed by atoms with Crippen LogP contribution in [-0.2, 0) is 22.7 Å². The first-order valence-corrected chi connectivity index (χ1v) is 8.24. The van der Waals surface area contributed by atoms with Crippen LogP contribution in [0.4, 0.5) is 13.2 Å². The summed E-state index contributed by atoms with van der Waals surface area (Å²) in [5.41, 5.74) is -0.272. The molecule has 0 heterocycles. The summed E-state index contributed by atoms with van der Waals surface area (Å²) >= 11 is 0. The minimum absolute atomic E-state index is 0.0196. The summed E-state index contributed by atoms with van der Waals surface area (Å²) in [6.45, 7) is 3.04. The third kappa shape index (κ3) is 6.92. The number of halogens is 3. The summed E-state index contributed by atoms with van der Waals surface area (Å²) < 4.78 is 62.8. The third-order valence-corrected chi connectivity index (χ3v) is 4.08. The van der Waals surface area contributed by atoms with Crippen LogP contribution < -0.4 is 10.0 Å². The van der Waals surface area contributed by atoms with E-state index in [0.29, 0.717) is 12.1 Å². The Balaban J connectivity index is 2.47. The molecule has 0 saturated heterocycles. The van der Waals surface area contributed by atoms with Crippen molar-refractivity contribution in [3.05, 3.63) is 35.4 Å². The van der Waals surface area contributed by atoms with E-state index in [4.69, 9.17) is 0 Å². The van der Waals surface area contributed by atoms with Crippen LogP contribution in [-0.4, -0.2) is 27.3 Å². The number of nitrogens with one attached hydrogen (secondary N) is 2. The standard InChI is InChI=1S/C13H19F3N2O2S/c1-2-7-17-8-9-21(19,20)18-10-11-3-5-12(6-4-11)13(14,15)16/h3-6,17-18H,2,7-10H2,1H3. The van der Waals surface area contributed by atoms with Gasteiger partial charge in [-0.25, -0.2) is 13.1 Å². The Kier molecular flexibility index (Phi) is 6.63. The molecule has 0 radical (unpaired) electrons. The van der Waals surface area contributed by atoms with Crippen molar-refractivity contribution in [2.75, 3.05) is 18.8 Å². The van der Waals surface area contributed by atoms with E-state index in [2.05, 4.69) is 10.0 Å². The van der Waals surface area contributed by atoms with Gasteiger partial charge in [0, 0.05) is 13.1 Å². The maximum Gasteiger partial charge on any atom is 0.416 e. The van der Waals surface area contributed by atoms with E-state index < -0.39 is 21.8 Å². The minimum Gasteiger partial charge on any atom is -0.316 e. The predicted molar refractivity (Wildman–Crippen MR) is 75.2 cm³/mol. The minimum atomic E-state index is -4.39. The van der Waals surface area contributed by atoms with Gasteiger partial charge < -0.3 is 5.32 Å². The summed E-state index contributed by atoms with van der Waals surface area (Å²) in [5.74, 6) is -0.0619. The molecule has 8 heteroatoms. The molecule has 4 nitrogen and oxygen atoms in total.